The molecule has 0 aliphatic carbocycles. The van der Waals surface area contributed by atoms with E-state index in [0.717, 1.165) is 10.2 Å². The van der Waals surface area contributed by atoms with Crippen molar-refractivity contribution in [2.24, 2.45) is 10.5 Å². The van der Waals surface area contributed by atoms with Crippen LogP contribution in [0, 0.1) is 11.2 Å². The first-order valence-corrected chi connectivity index (χ1v) is 8.22. The molecule has 0 aromatic heterocycles. The fraction of sp³-hybridized carbons (Fsp3) is 0.222. The summed E-state index contributed by atoms with van der Waals surface area (Å²) in [4.78, 5) is 12.6. The number of halogens is 2. The summed E-state index contributed by atoms with van der Waals surface area (Å²) >= 11 is 3.36. The Kier molecular flexibility index (Phi) is 5.72. The Labute approximate surface area is 149 Å². The normalized spacial score (nSPS) is 12.0. The molecule has 0 saturated carbocycles. The summed E-state index contributed by atoms with van der Waals surface area (Å²) < 4.78 is 14.3. The average molecular weight is 392 g/mol. The number of anilines is 2. The molecule has 2 N–H and O–H groups in total. The molecule has 0 saturated heterocycles. The molecule has 2 rings (SSSR count). The molecular formula is C18H19BrFN3O. The standard InChI is InChI=1S/C18H19BrFN3O/c1-18(2,3)16(24)17(21-15-6-4-5-13(20)11-15)23-22-14-9-7-12(19)8-10-14/h4-11,22H,1-3H3,(H,21,23). The molecule has 0 fully saturated rings. The molecule has 0 unspecified atom stereocenters. The lowest BCUT2D eigenvalue weighted by Crippen LogP contribution is -2.34. The van der Waals surface area contributed by atoms with Crippen LogP contribution in [0.4, 0.5) is 15.8 Å². The van der Waals surface area contributed by atoms with Gasteiger partial charge < -0.3 is 5.32 Å². The lowest BCUT2D eigenvalue weighted by Gasteiger charge is -2.19. The van der Waals surface area contributed by atoms with Gasteiger partial charge in [-0.25, -0.2) is 4.39 Å². The molecule has 126 valence electrons. The molecule has 2 aromatic carbocycles. The number of hydrazone groups is 1. The number of hydrogen-bond acceptors (Lipinski definition) is 3. The number of amidine groups is 1. The Hall–Kier alpha value is -2.21. The Morgan fingerprint density at radius 3 is 2.33 bits per heavy atom. The van der Waals surface area contributed by atoms with Crippen molar-refractivity contribution in [3.63, 3.8) is 0 Å². The van der Waals surface area contributed by atoms with Crippen molar-refractivity contribution in [3.05, 3.63) is 58.8 Å². The van der Waals surface area contributed by atoms with Crippen LogP contribution < -0.4 is 10.7 Å². The van der Waals surface area contributed by atoms with E-state index >= 15 is 0 Å². The number of benzene rings is 2. The van der Waals surface area contributed by atoms with E-state index in [-0.39, 0.29) is 17.4 Å². The summed E-state index contributed by atoms with van der Waals surface area (Å²) in [5.41, 5.74) is 3.42. The van der Waals surface area contributed by atoms with Gasteiger partial charge in [-0.3, -0.25) is 10.2 Å². The van der Waals surface area contributed by atoms with Crippen LogP contribution >= 0.6 is 15.9 Å². The predicted octanol–water partition coefficient (Wildman–Crippen LogP) is 5.04. The van der Waals surface area contributed by atoms with Crippen LogP contribution in [0.25, 0.3) is 0 Å². The maximum atomic E-state index is 13.4. The van der Waals surface area contributed by atoms with Crippen molar-refractivity contribution in [2.75, 3.05) is 10.7 Å². The highest BCUT2D eigenvalue weighted by molar-refractivity contribution is 9.10. The van der Waals surface area contributed by atoms with Gasteiger partial charge in [0.2, 0.25) is 5.78 Å². The van der Waals surface area contributed by atoms with Crippen LogP contribution in [-0.4, -0.2) is 11.6 Å². The Morgan fingerprint density at radius 1 is 1.08 bits per heavy atom. The first-order valence-electron chi connectivity index (χ1n) is 7.42. The van der Waals surface area contributed by atoms with E-state index in [2.05, 4.69) is 31.8 Å². The number of hydrogen-bond donors (Lipinski definition) is 2. The zero-order valence-corrected chi connectivity index (χ0v) is 15.3. The topological polar surface area (TPSA) is 53.5 Å². The van der Waals surface area contributed by atoms with Gasteiger partial charge in [-0.15, -0.1) is 0 Å². The highest BCUT2D eigenvalue weighted by Gasteiger charge is 2.27. The number of nitrogens with zero attached hydrogens (tertiary/aromatic N) is 1. The smallest absolute Gasteiger partial charge is 0.205 e. The second-order valence-electron chi connectivity index (χ2n) is 6.29. The minimum absolute atomic E-state index is 0.121. The molecule has 6 heteroatoms. The SMILES string of the molecule is CC(C)(C)C(=O)/C(=N/Nc1ccc(Br)cc1)Nc1cccc(F)c1. The first kappa shape index (κ1) is 18.1. The molecule has 0 atom stereocenters. The van der Waals surface area contributed by atoms with Gasteiger partial charge in [0.1, 0.15) is 5.82 Å². The largest absolute Gasteiger partial charge is 0.336 e. The number of nitrogens with one attached hydrogen (secondary N) is 2. The third kappa shape index (κ3) is 5.16. The van der Waals surface area contributed by atoms with Crippen molar-refractivity contribution in [1.29, 1.82) is 0 Å². The first-order chi connectivity index (χ1) is 11.3. The van der Waals surface area contributed by atoms with Gasteiger partial charge in [0, 0.05) is 15.6 Å². The summed E-state index contributed by atoms with van der Waals surface area (Å²) in [7, 11) is 0. The quantitative estimate of drug-likeness (QED) is 0.436. The number of carbonyl (C=O) groups excluding carboxylic acids is 1. The fourth-order valence-corrected chi connectivity index (χ4v) is 2.10. The van der Waals surface area contributed by atoms with Crippen molar-refractivity contribution in [3.8, 4) is 0 Å². The molecular weight excluding hydrogens is 373 g/mol. The molecule has 24 heavy (non-hydrogen) atoms. The lowest BCUT2D eigenvalue weighted by atomic mass is 9.90. The maximum Gasteiger partial charge on any atom is 0.205 e. The minimum Gasteiger partial charge on any atom is -0.336 e. The molecule has 0 heterocycles. The van der Waals surface area contributed by atoms with Crippen LogP contribution in [0.5, 0.6) is 0 Å². The monoisotopic (exact) mass is 391 g/mol. The highest BCUT2D eigenvalue weighted by Crippen LogP contribution is 2.19. The third-order valence-electron chi connectivity index (χ3n) is 3.12. The molecule has 0 bridgehead atoms. The van der Waals surface area contributed by atoms with Crippen molar-refractivity contribution in [1.82, 2.24) is 0 Å². The molecule has 0 aliphatic rings. The third-order valence-corrected chi connectivity index (χ3v) is 3.65. The summed E-state index contributed by atoms with van der Waals surface area (Å²) in [5, 5.41) is 7.08. The summed E-state index contributed by atoms with van der Waals surface area (Å²) in [5.74, 6) is -0.448. The molecule has 0 spiro atoms. The maximum absolute atomic E-state index is 13.4. The van der Waals surface area contributed by atoms with Crippen LogP contribution in [0.3, 0.4) is 0 Å². The van der Waals surface area contributed by atoms with Gasteiger partial charge >= 0.3 is 0 Å². The highest BCUT2D eigenvalue weighted by atomic mass is 79.9. The molecule has 4 nitrogen and oxygen atoms in total. The van der Waals surface area contributed by atoms with Crippen LogP contribution in [0.2, 0.25) is 0 Å². The lowest BCUT2D eigenvalue weighted by molar-refractivity contribution is -0.119. The van der Waals surface area contributed by atoms with Crippen LogP contribution in [-0.2, 0) is 4.79 Å². The zero-order chi connectivity index (χ0) is 17.7. The van der Waals surface area contributed by atoms with Crippen LogP contribution in [0.15, 0.2) is 58.1 Å². The molecule has 0 amide bonds. The van der Waals surface area contributed by atoms with E-state index in [1.165, 1.54) is 12.1 Å². The van der Waals surface area contributed by atoms with Crippen molar-refractivity contribution < 1.29 is 9.18 Å². The van der Waals surface area contributed by atoms with Crippen molar-refractivity contribution >= 4 is 38.9 Å². The zero-order valence-electron chi connectivity index (χ0n) is 13.7. The number of rotatable bonds is 4. The second kappa shape index (κ2) is 7.57. The summed E-state index contributed by atoms with van der Waals surface area (Å²) in [6.45, 7) is 5.41. The average Bonchev–Trinajstić information content (AvgIpc) is 2.51. The van der Waals surface area contributed by atoms with Gasteiger partial charge in [-0.2, -0.15) is 5.10 Å². The van der Waals surface area contributed by atoms with E-state index in [0.29, 0.717) is 5.69 Å². The van der Waals surface area contributed by atoms with Gasteiger partial charge in [-0.05, 0) is 42.5 Å². The number of carbonyl (C=O) groups is 1. The molecule has 0 aliphatic heterocycles. The molecule has 0 radical (unpaired) electrons. The fourth-order valence-electron chi connectivity index (χ4n) is 1.84. The Balaban J connectivity index is 2.26. The second-order valence-corrected chi connectivity index (χ2v) is 7.21. The van der Waals surface area contributed by atoms with Gasteiger partial charge in [-0.1, -0.05) is 42.8 Å². The van der Waals surface area contributed by atoms with E-state index in [4.69, 9.17) is 0 Å². The predicted molar refractivity (Wildman–Crippen MR) is 99.7 cm³/mol. The Bertz CT molecular complexity index is 752. The van der Waals surface area contributed by atoms with E-state index in [1.807, 2.05) is 24.3 Å². The Morgan fingerprint density at radius 2 is 1.75 bits per heavy atom. The molecule has 2 aromatic rings. The van der Waals surface area contributed by atoms with E-state index < -0.39 is 5.41 Å². The van der Waals surface area contributed by atoms with Crippen LogP contribution in [0.1, 0.15) is 20.8 Å². The number of ketones is 1. The van der Waals surface area contributed by atoms with Crippen molar-refractivity contribution in [2.45, 2.75) is 20.8 Å². The number of Topliss-reactive ketones (excluding diaryl/α,β-unsaturated/α-hetero) is 1. The minimum atomic E-state index is -0.624. The van der Waals surface area contributed by atoms with E-state index in [9.17, 15) is 9.18 Å². The van der Waals surface area contributed by atoms with E-state index in [1.54, 1.807) is 32.9 Å². The summed E-state index contributed by atoms with van der Waals surface area (Å²) in [6, 6.07) is 13.3. The van der Waals surface area contributed by atoms with Gasteiger partial charge in [0.15, 0.2) is 5.84 Å². The van der Waals surface area contributed by atoms with Gasteiger partial charge in [0.25, 0.3) is 0 Å². The summed E-state index contributed by atoms with van der Waals surface area (Å²) in [6.07, 6.45) is 0. The van der Waals surface area contributed by atoms with Gasteiger partial charge in [0.05, 0.1) is 5.69 Å².